The number of ketones is 1. The van der Waals surface area contributed by atoms with Crippen LogP contribution in [0.2, 0.25) is 0 Å². The average molecular weight is 454 g/mol. The van der Waals surface area contributed by atoms with Crippen molar-refractivity contribution in [2.45, 2.75) is 38.8 Å². The van der Waals surface area contributed by atoms with Gasteiger partial charge in [-0.3, -0.25) is 9.36 Å². The number of hydrogen-bond donors (Lipinski definition) is 1. The number of nitrogens with zero attached hydrogens (tertiary/aromatic N) is 4. The van der Waals surface area contributed by atoms with Crippen molar-refractivity contribution in [3.05, 3.63) is 52.3 Å². The summed E-state index contributed by atoms with van der Waals surface area (Å²) >= 11 is 1.34. The number of Topliss-reactive ketones (excluding diaryl/α,β-unsaturated/α-hetero) is 1. The lowest BCUT2D eigenvalue weighted by Gasteiger charge is -2.18. The molecule has 3 heterocycles. The number of rotatable bonds is 7. The van der Waals surface area contributed by atoms with Crippen LogP contribution in [0.4, 0.5) is 5.95 Å². The number of methoxy groups -OCH3 is 1. The molecular formula is C23H27N5O3S. The molecule has 0 saturated carbocycles. The lowest BCUT2D eigenvalue weighted by atomic mass is 10.1. The zero-order valence-electron chi connectivity index (χ0n) is 18.8. The molecule has 1 fully saturated rings. The number of nitrogens with one attached hydrogen (secondary N) is 1. The number of thioether (sulfide) groups is 1. The van der Waals surface area contributed by atoms with Gasteiger partial charge in [-0.05, 0) is 51.3 Å². The minimum absolute atomic E-state index is 0.105. The van der Waals surface area contributed by atoms with Crippen LogP contribution < -0.4 is 4.90 Å². The van der Waals surface area contributed by atoms with E-state index in [0.717, 1.165) is 37.6 Å². The molecular weight excluding hydrogens is 426 g/mol. The molecule has 9 heteroatoms. The summed E-state index contributed by atoms with van der Waals surface area (Å²) in [6.07, 6.45) is 2.27. The second-order valence-corrected chi connectivity index (χ2v) is 8.92. The first-order valence-electron chi connectivity index (χ1n) is 10.6. The van der Waals surface area contributed by atoms with Gasteiger partial charge in [0, 0.05) is 18.8 Å². The number of anilines is 1. The maximum Gasteiger partial charge on any atom is 0.339 e. The third-order valence-corrected chi connectivity index (χ3v) is 6.66. The van der Waals surface area contributed by atoms with E-state index in [0.29, 0.717) is 27.7 Å². The molecule has 0 amide bonds. The van der Waals surface area contributed by atoms with Crippen LogP contribution in [0.3, 0.4) is 0 Å². The Labute approximate surface area is 191 Å². The molecule has 0 radical (unpaired) electrons. The molecule has 1 aliphatic rings. The highest BCUT2D eigenvalue weighted by Crippen LogP contribution is 2.29. The molecule has 0 aliphatic carbocycles. The number of benzene rings is 1. The second-order valence-electron chi connectivity index (χ2n) is 7.98. The highest BCUT2D eigenvalue weighted by Gasteiger charge is 2.25. The summed E-state index contributed by atoms with van der Waals surface area (Å²) in [6.45, 7) is 7.47. The Kier molecular flexibility index (Phi) is 6.36. The van der Waals surface area contributed by atoms with Crippen LogP contribution >= 0.6 is 11.8 Å². The van der Waals surface area contributed by atoms with Gasteiger partial charge in [0.2, 0.25) is 5.95 Å². The molecule has 1 aliphatic heterocycles. The van der Waals surface area contributed by atoms with Gasteiger partial charge in [-0.2, -0.15) is 0 Å². The Bertz CT molecular complexity index is 1140. The topological polar surface area (TPSA) is 93.1 Å². The van der Waals surface area contributed by atoms with Crippen LogP contribution in [0.5, 0.6) is 0 Å². The van der Waals surface area contributed by atoms with E-state index in [9.17, 15) is 9.59 Å². The number of carbonyl (C=O) groups is 2. The van der Waals surface area contributed by atoms with Crippen molar-refractivity contribution in [3.8, 4) is 5.69 Å². The molecule has 2 aromatic heterocycles. The van der Waals surface area contributed by atoms with Crippen LogP contribution in [0.15, 0.2) is 29.4 Å². The number of H-pyrrole nitrogens is 1. The number of carbonyl (C=O) groups excluding carboxylic acids is 2. The molecule has 1 N–H and O–H groups in total. The molecule has 1 saturated heterocycles. The first kappa shape index (κ1) is 22.1. The molecule has 8 nitrogen and oxygen atoms in total. The van der Waals surface area contributed by atoms with Crippen molar-refractivity contribution in [3.63, 3.8) is 0 Å². The van der Waals surface area contributed by atoms with Gasteiger partial charge in [0.1, 0.15) is 0 Å². The molecule has 1 aromatic carbocycles. The highest BCUT2D eigenvalue weighted by molar-refractivity contribution is 7.99. The van der Waals surface area contributed by atoms with Crippen molar-refractivity contribution in [2.24, 2.45) is 0 Å². The van der Waals surface area contributed by atoms with Gasteiger partial charge in [-0.15, -0.1) is 10.2 Å². The van der Waals surface area contributed by atoms with E-state index in [1.54, 1.807) is 13.8 Å². The first-order valence-corrected chi connectivity index (χ1v) is 11.6. The summed E-state index contributed by atoms with van der Waals surface area (Å²) in [7, 11) is 1.33. The summed E-state index contributed by atoms with van der Waals surface area (Å²) in [5.74, 6) is 0.427. The van der Waals surface area contributed by atoms with Gasteiger partial charge in [0.05, 0.1) is 29.8 Å². The van der Waals surface area contributed by atoms with E-state index < -0.39 is 5.97 Å². The number of aryl methyl sites for hydroxylation is 2. The summed E-state index contributed by atoms with van der Waals surface area (Å²) in [5, 5.41) is 9.53. The minimum atomic E-state index is -0.447. The van der Waals surface area contributed by atoms with Crippen molar-refractivity contribution >= 4 is 29.5 Å². The number of aromatic nitrogens is 4. The van der Waals surface area contributed by atoms with E-state index >= 15 is 0 Å². The number of hydrogen-bond acceptors (Lipinski definition) is 7. The molecule has 0 unspecified atom stereocenters. The van der Waals surface area contributed by atoms with Crippen LogP contribution in [-0.4, -0.2) is 57.5 Å². The molecule has 4 rings (SSSR count). The van der Waals surface area contributed by atoms with Crippen molar-refractivity contribution < 1.29 is 14.3 Å². The minimum Gasteiger partial charge on any atom is -0.465 e. The lowest BCUT2D eigenvalue weighted by Crippen LogP contribution is -2.22. The lowest BCUT2D eigenvalue weighted by molar-refractivity contribution is 0.0599. The van der Waals surface area contributed by atoms with E-state index in [4.69, 9.17) is 4.74 Å². The fourth-order valence-corrected chi connectivity index (χ4v) is 4.86. The SMILES string of the molecule is COC(=O)c1c(C)[nH]c(C(=O)CSc2nnc(N3CCCC3)n2-c2ccc(C)cc2)c1C. The Morgan fingerprint density at radius 1 is 1.09 bits per heavy atom. The maximum absolute atomic E-state index is 13.0. The van der Waals surface area contributed by atoms with Crippen LogP contribution in [0.25, 0.3) is 5.69 Å². The number of aromatic amines is 1. The number of ether oxygens (including phenoxy) is 1. The van der Waals surface area contributed by atoms with Crippen molar-refractivity contribution in [1.82, 2.24) is 19.7 Å². The molecule has 168 valence electrons. The Balaban J connectivity index is 1.60. The van der Waals surface area contributed by atoms with Gasteiger partial charge in [-0.1, -0.05) is 29.5 Å². The van der Waals surface area contributed by atoms with Gasteiger partial charge >= 0.3 is 5.97 Å². The summed E-state index contributed by atoms with van der Waals surface area (Å²) in [6, 6.07) is 8.21. The smallest absolute Gasteiger partial charge is 0.339 e. The predicted octanol–water partition coefficient (Wildman–Crippen LogP) is 3.88. The van der Waals surface area contributed by atoms with Gasteiger partial charge in [0.25, 0.3) is 0 Å². The third-order valence-electron chi connectivity index (χ3n) is 5.74. The largest absolute Gasteiger partial charge is 0.465 e. The van der Waals surface area contributed by atoms with E-state index in [-0.39, 0.29) is 11.5 Å². The molecule has 3 aromatic rings. The van der Waals surface area contributed by atoms with E-state index in [1.165, 1.54) is 24.4 Å². The van der Waals surface area contributed by atoms with Crippen LogP contribution in [0.1, 0.15) is 50.5 Å². The quantitative estimate of drug-likeness (QED) is 0.330. The summed E-state index contributed by atoms with van der Waals surface area (Å²) < 4.78 is 6.87. The van der Waals surface area contributed by atoms with Crippen molar-refractivity contribution in [1.29, 1.82) is 0 Å². The molecule has 0 atom stereocenters. The Morgan fingerprint density at radius 3 is 2.44 bits per heavy atom. The average Bonchev–Trinajstić information content (AvgIpc) is 3.51. The maximum atomic E-state index is 13.0. The van der Waals surface area contributed by atoms with Gasteiger partial charge in [-0.25, -0.2) is 4.79 Å². The zero-order chi connectivity index (χ0) is 22.8. The normalized spacial score (nSPS) is 13.6. The molecule has 0 bridgehead atoms. The van der Waals surface area contributed by atoms with Crippen LogP contribution in [0, 0.1) is 20.8 Å². The fourth-order valence-electron chi connectivity index (χ4n) is 4.04. The zero-order valence-corrected chi connectivity index (χ0v) is 19.6. The Morgan fingerprint density at radius 2 is 1.78 bits per heavy atom. The first-order chi connectivity index (χ1) is 15.4. The highest BCUT2D eigenvalue weighted by atomic mass is 32.2. The Hall–Kier alpha value is -3.07. The predicted molar refractivity (Wildman–Crippen MR) is 124 cm³/mol. The van der Waals surface area contributed by atoms with Crippen molar-refractivity contribution in [2.75, 3.05) is 30.9 Å². The van der Waals surface area contributed by atoms with E-state index in [1.807, 2.05) is 16.7 Å². The van der Waals surface area contributed by atoms with E-state index in [2.05, 4.69) is 39.1 Å². The molecule has 32 heavy (non-hydrogen) atoms. The summed E-state index contributed by atoms with van der Waals surface area (Å²) in [5.41, 5.74) is 4.22. The van der Waals surface area contributed by atoms with Gasteiger partial charge < -0.3 is 14.6 Å². The fraction of sp³-hybridized carbons (Fsp3) is 0.391. The van der Waals surface area contributed by atoms with Crippen LogP contribution in [-0.2, 0) is 4.74 Å². The monoisotopic (exact) mass is 453 g/mol. The summed E-state index contributed by atoms with van der Waals surface area (Å²) in [4.78, 5) is 30.3. The standard InChI is InChI=1S/C23H27N5O3S/c1-14-7-9-17(10-8-14)28-22(27-11-5-6-12-27)25-26-23(28)32-13-18(29)20-15(2)19(16(3)24-20)21(30)31-4/h7-10,24H,5-6,11-13H2,1-4H3. The third kappa shape index (κ3) is 4.17. The molecule has 0 spiro atoms. The van der Waals surface area contributed by atoms with Gasteiger partial charge in [0.15, 0.2) is 10.9 Å². The second kappa shape index (κ2) is 9.20. The number of esters is 1.